The summed E-state index contributed by atoms with van der Waals surface area (Å²) in [4.78, 5) is 37.7. The fourth-order valence-electron chi connectivity index (χ4n) is 4.55. The van der Waals surface area contributed by atoms with Crippen LogP contribution in [0.2, 0.25) is 0 Å². The van der Waals surface area contributed by atoms with Gasteiger partial charge in [0.25, 0.3) is 5.91 Å². The van der Waals surface area contributed by atoms with Crippen molar-refractivity contribution in [1.82, 2.24) is 14.9 Å². The highest BCUT2D eigenvalue weighted by Crippen LogP contribution is 2.31. The fourth-order valence-corrected chi connectivity index (χ4v) is 4.55. The Kier molecular flexibility index (Phi) is 6.36. The number of H-pyrrole nitrogens is 1. The molecule has 1 aliphatic heterocycles. The highest BCUT2D eigenvalue weighted by molar-refractivity contribution is 6.07. The van der Waals surface area contributed by atoms with Crippen LogP contribution >= 0.6 is 0 Å². The number of aromatic amines is 1. The minimum absolute atomic E-state index is 0.0145. The van der Waals surface area contributed by atoms with Gasteiger partial charge in [0.1, 0.15) is 5.41 Å². The van der Waals surface area contributed by atoms with E-state index < -0.39 is 5.41 Å². The molecular weight excluding hydrogens is 464 g/mol. The standard InChI is InChI=1S/C29H28N6O2/c1-29(2,18-30)28(37)33-22-11-10-21-16-35(13-12-34(26(21)14-22)17-23-15-31-19-32-23)27(36)25-9-5-7-20-6-3-4-8-24(20)25/h3-11,14-15,19H,12-13,16-17H2,1-2H3,(H,31,32)(H,33,37). The summed E-state index contributed by atoms with van der Waals surface area (Å²) < 4.78 is 0. The number of anilines is 2. The summed E-state index contributed by atoms with van der Waals surface area (Å²) in [5.74, 6) is -0.379. The number of fused-ring (bicyclic) bond motifs is 2. The van der Waals surface area contributed by atoms with Gasteiger partial charge in [-0.3, -0.25) is 9.59 Å². The maximum absolute atomic E-state index is 13.8. The molecule has 1 aromatic heterocycles. The molecular formula is C29H28N6O2. The van der Waals surface area contributed by atoms with Crippen molar-refractivity contribution in [3.05, 3.63) is 90.0 Å². The minimum atomic E-state index is -1.15. The van der Waals surface area contributed by atoms with E-state index in [1.165, 1.54) is 0 Å². The van der Waals surface area contributed by atoms with Crippen LogP contribution in [0.1, 0.15) is 35.5 Å². The lowest BCUT2D eigenvalue weighted by Gasteiger charge is -2.25. The molecule has 1 aliphatic rings. The van der Waals surface area contributed by atoms with E-state index in [0.29, 0.717) is 37.4 Å². The van der Waals surface area contributed by atoms with Gasteiger partial charge < -0.3 is 20.1 Å². The van der Waals surface area contributed by atoms with Crippen molar-refractivity contribution < 1.29 is 9.59 Å². The third-order valence-corrected chi connectivity index (χ3v) is 6.76. The van der Waals surface area contributed by atoms with Gasteiger partial charge in [-0.05, 0) is 48.4 Å². The molecule has 2 N–H and O–H groups in total. The second kappa shape index (κ2) is 9.78. The monoisotopic (exact) mass is 492 g/mol. The fraction of sp³-hybridized carbons (Fsp3) is 0.241. The number of carbonyl (C=O) groups excluding carboxylic acids is 2. The number of carbonyl (C=O) groups is 2. The molecule has 0 bridgehead atoms. The molecule has 0 fully saturated rings. The molecule has 8 nitrogen and oxygen atoms in total. The number of hydrogen-bond donors (Lipinski definition) is 2. The Labute approximate surface area is 215 Å². The third-order valence-electron chi connectivity index (χ3n) is 6.76. The highest BCUT2D eigenvalue weighted by atomic mass is 16.2. The molecule has 8 heteroatoms. The van der Waals surface area contributed by atoms with E-state index in [4.69, 9.17) is 0 Å². The smallest absolute Gasteiger partial charge is 0.254 e. The Morgan fingerprint density at radius 2 is 1.92 bits per heavy atom. The second-order valence-corrected chi connectivity index (χ2v) is 9.79. The molecule has 0 unspecified atom stereocenters. The summed E-state index contributed by atoms with van der Waals surface area (Å²) in [6, 6.07) is 21.5. The Hall–Kier alpha value is -4.64. The summed E-state index contributed by atoms with van der Waals surface area (Å²) in [6.07, 6.45) is 3.43. The van der Waals surface area contributed by atoms with Crippen molar-refractivity contribution >= 4 is 34.0 Å². The first-order valence-corrected chi connectivity index (χ1v) is 12.2. The van der Waals surface area contributed by atoms with Gasteiger partial charge in [0.2, 0.25) is 5.91 Å². The average Bonchev–Trinajstić information content (AvgIpc) is 3.36. The topological polar surface area (TPSA) is 105 Å². The number of amides is 2. The number of rotatable bonds is 5. The Morgan fingerprint density at radius 1 is 1.11 bits per heavy atom. The number of aromatic nitrogens is 2. The molecule has 0 radical (unpaired) electrons. The normalized spacial score (nSPS) is 13.5. The van der Waals surface area contributed by atoms with Gasteiger partial charge in [0.05, 0.1) is 24.6 Å². The van der Waals surface area contributed by atoms with Crippen molar-refractivity contribution in [2.24, 2.45) is 5.41 Å². The van der Waals surface area contributed by atoms with Crippen LogP contribution in [0.3, 0.4) is 0 Å². The number of nitrogens with one attached hydrogen (secondary N) is 2. The maximum atomic E-state index is 13.8. The van der Waals surface area contributed by atoms with Crippen molar-refractivity contribution in [1.29, 1.82) is 5.26 Å². The van der Waals surface area contributed by atoms with E-state index in [9.17, 15) is 14.9 Å². The lowest BCUT2D eigenvalue weighted by atomic mass is 9.94. The summed E-state index contributed by atoms with van der Waals surface area (Å²) >= 11 is 0. The zero-order valence-corrected chi connectivity index (χ0v) is 20.9. The average molecular weight is 493 g/mol. The molecule has 5 rings (SSSR count). The molecule has 3 aromatic carbocycles. The summed E-state index contributed by atoms with van der Waals surface area (Å²) in [6.45, 7) is 5.33. The Morgan fingerprint density at radius 3 is 2.70 bits per heavy atom. The van der Waals surface area contributed by atoms with Crippen LogP contribution in [-0.2, 0) is 17.9 Å². The quantitative estimate of drug-likeness (QED) is 0.420. The largest absolute Gasteiger partial charge is 0.364 e. The van der Waals surface area contributed by atoms with Crippen LogP contribution < -0.4 is 10.2 Å². The van der Waals surface area contributed by atoms with Gasteiger partial charge in [0.15, 0.2) is 0 Å². The van der Waals surface area contributed by atoms with Crippen LogP contribution in [0.15, 0.2) is 73.2 Å². The molecule has 4 aromatic rings. The number of hydrogen-bond acceptors (Lipinski definition) is 5. The van der Waals surface area contributed by atoms with Gasteiger partial charge >= 0.3 is 0 Å². The van der Waals surface area contributed by atoms with Crippen molar-refractivity contribution in [2.75, 3.05) is 23.3 Å². The maximum Gasteiger partial charge on any atom is 0.254 e. The second-order valence-electron chi connectivity index (χ2n) is 9.79. The first-order valence-electron chi connectivity index (χ1n) is 12.2. The van der Waals surface area contributed by atoms with Crippen LogP contribution in [-0.4, -0.2) is 39.8 Å². The molecule has 37 heavy (non-hydrogen) atoms. The molecule has 2 heterocycles. The Bertz CT molecular complexity index is 1500. The minimum Gasteiger partial charge on any atom is -0.364 e. The lowest BCUT2D eigenvalue weighted by molar-refractivity contribution is -0.121. The molecule has 0 saturated carbocycles. The van der Waals surface area contributed by atoms with Crippen LogP contribution in [0.25, 0.3) is 10.8 Å². The third kappa shape index (κ3) is 4.89. The highest BCUT2D eigenvalue weighted by Gasteiger charge is 2.29. The van der Waals surface area contributed by atoms with Gasteiger partial charge in [0, 0.05) is 42.8 Å². The Balaban J connectivity index is 1.48. The van der Waals surface area contributed by atoms with E-state index in [2.05, 4.69) is 20.2 Å². The SMILES string of the molecule is CC(C)(C#N)C(=O)Nc1ccc2c(c1)N(Cc1cnc[nH]1)CCN(C(=O)c1cccc3ccccc13)C2. The lowest BCUT2D eigenvalue weighted by Crippen LogP contribution is -2.35. The summed E-state index contributed by atoms with van der Waals surface area (Å²) in [7, 11) is 0. The predicted octanol–water partition coefficient (Wildman–Crippen LogP) is 4.71. The number of nitriles is 1. The summed E-state index contributed by atoms with van der Waals surface area (Å²) in [5, 5.41) is 14.2. The molecule has 0 atom stereocenters. The molecule has 0 aliphatic carbocycles. The van der Waals surface area contributed by atoms with Crippen LogP contribution in [0.4, 0.5) is 11.4 Å². The van der Waals surface area contributed by atoms with E-state index in [1.807, 2.05) is 71.6 Å². The first-order chi connectivity index (χ1) is 17.9. The molecule has 2 amide bonds. The van der Waals surface area contributed by atoms with E-state index >= 15 is 0 Å². The van der Waals surface area contributed by atoms with Crippen LogP contribution in [0, 0.1) is 16.7 Å². The zero-order valence-electron chi connectivity index (χ0n) is 20.9. The van der Waals surface area contributed by atoms with Crippen molar-refractivity contribution in [3.8, 4) is 6.07 Å². The van der Waals surface area contributed by atoms with Crippen molar-refractivity contribution in [2.45, 2.75) is 26.9 Å². The predicted molar refractivity (Wildman–Crippen MR) is 143 cm³/mol. The first kappa shape index (κ1) is 24.1. The molecule has 0 saturated heterocycles. The van der Waals surface area contributed by atoms with Crippen LogP contribution in [0.5, 0.6) is 0 Å². The van der Waals surface area contributed by atoms with E-state index in [-0.39, 0.29) is 11.8 Å². The number of nitrogens with zero attached hydrogens (tertiary/aromatic N) is 4. The molecule has 186 valence electrons. The number of benzene rings is 3. The van der Waals surface area contributed by atoms with Gasteiger partial charge in [-0.25, -0.2) is 4.98 Å². The van der Waals surface area contributed by atoms with Gasteiger partial charge in [-0.15, -0.1) is 0 Å². The van der Waals surface area contributed by atoms with Gasteiger partial charge in [-0.1, -0.05) is 42.5 Å². The number of imidazole rings is 1. The van der Waals surface area contributed by atoms with E-state index in [1.54, 1.807) is 26.4 Å². The molecule has 0 spiro atoms. The zero-order chi connectivity index (χ0) is 26.0. The van der Waals surface area contributed by atoms with Gasteiger partial charge in [-0.2, -0.15) is 5.26 Å². The summed E-state index contributed by atoms with van der Waals surface area (Å²) in [5.41, 5.74) is 2.99. The van der Waals surface area contributed by atoms with E-state index in [0.717, 1.165) is 27.7 Å². The van der Waals surface area contributed by atoms with Crippen molar-refractivity contribution in [3.63, 3.8) is 0 Å².